The summed E-state index contributed by atoms with van der Waals surface area (Å²) in [5.41, 5.74) is 0. The molecule has 0 radical (unpaired) electrons. The highest BCUT2D eigenvalue weighted by molar-refractivity contribution is 5.37. The highest BCUT2D eigenvalue weighted by Gasteiger charge is 2.12. The standard InChI is InChI=1S/C10H14FNO2/c1-4-13-9-8(14-7(2)3)5-6-12-10(9)11/h5-7H,4H2,1-3H3. The van der Waals surface area contributed by atoms with Crippen molar-refractivity contribution in [2.45, 2.75) is 26.9 Å². The van der Waals surface area contributed by atoms with E-state index in [1.165, 1.54) is 6.20 Å². The summed E-state index contributed by atoms with van der Waals surface area (Å²) < 4.78 is 23.7. The zero-order chi connectivity index (χ0) is 10.6. The van der Waals surface area contributed by atoms with E-state index >= 15 is 0 Å². The van der Waals surface area contributed by atoms with E-state index in [2.05, 4.69) is 4.98 Å². The van der Waals surface area contributed by atoms with Gasteiger partial charge in [0, 0.05) is 12.3 Å². The highest BCUT2D eigenvalue weighted by Crippen LogP contribution is 2.29. The van der Waals surface area contributed by atoms with Crippen molar-refractivity contribution in [3.05, 3.63) is 18.2 Å². The van der Waals surface area contributed by atoms with Crippen LogP contribution < -0.4 is 9.47 Å². The van der Waals surface area contributed by atoms with Crippen LogP contribution in [0.4, 0.5) is 4.39 Å². The van der Waals surface area contributed by atoms with Crippen LogP contribution >= 0.6 is 0 Å². The molecule has 1 rings (SSSR count). The molecule has 0 N–H and O–H groups in total. The van der Waals surface area contributed by atoms with Crippen molar-refractivity contribution >= 4 is 0 Å². The van der Waals surface area contributed by atoms with E-state index in [9.17, 15) is 4.39 Å². The molecule has 1 aromatic heterocycles. The van der Waals surface area contributed by atoms with Crippen molar-refractivity contribution in [3.63, 3.8) is 0 Å². The van der Waals surface area contributed by atoms with E-state index in [1.807, 2.05) is 13.8 Å². The minimum absolute atomic E-state index is 0.0176. The van der Waals surface area contributed by atoms with Crippen LogP contribution in [0, 0.1) is 5.95 Å². The van der Waals surface area contributed by atoms with Gasteiger partial charge in [-0.15, -0.1) is 0 Å². The second-order valence-corrected chi connectivity index (χ2v) is 3.03. The quantitative estimate of drug-likeness (QED) is 0.698. The van der Waals surface area contributed by atoms with Gasteiger partial charge < -0.3 is 9.47 Å². The zero-order valence-electron chi connectivity index (χ0n) is 8.58. The smallest absolute Gasteiger partial charge is 0.259 e. The van der Waals surface area contributed by atoms with Crippen molar-refractivity contribution < 1.29 is 13.9 Å². The van der Waals surface area contributed by atoms with Crippen LogP contribution in [0.15, 0.2) is 12.3 Å². The molecule has 0 aliphatic carbocycles. The molecule has 1 aromatic rings. The van der Waals surface area contributed by atoms with Gasteiger partial charge >= 0.3 is 0 Å². The van der Waals surface area contributed by atoms with Gasteiger partial charge in [-0.3, -0.25) is 0 Å². The number of pyridine rings is 1. The van der Waals surface area contributed by atoms with Gasteiger partial charge in [0.15, 0.2) is 5.75 Å². The lowest BCUT2D eigenvalue weighted by atomic mass is 10.4. The Balaban J connectivity index is 2.95. The number of halogens is 1. The summed E-state index contributed by atoms with van der Waals surface area (Å²) in [5, 5.41) is 0. The third kappa shape index (κ3) is 2.58. The molecule has 14 heavy (non-hydrogen) atoms. The number of ether oxygens (including phenoxy) is 2. The molecule has 1 heterocycles. The van der Waals surface area contributed by atoms with Crippen LogP contribution in [0.3, 0.4) is 0 Å². The maximum absolute atomic E-state index is 13.2. The maximum Gasteiger partial charge on any atom is 0.259 e. The average molecular weight is 199 g/mol. The predicted octanol–water partition coefficient (Wildman–Crippen LogP) is 2.41. The molecule has 0 aliphatic heterocycles. The third-order valence-corrected chi connectivity index (χ3v) is 1.48. The van der Waals surface area contributed by atoms with Gasteiger partial charge in [0.2, 0.25) is 5.75 Å². The van der Waals surface area contributed by atoms with Crippen molar-refractivity contribution in [1.29, 1.82) is 0 Å². The van der Waals surface area contributed by atoms with E-state index in [4.69, 9.17) is 9.47 Å². The Labute approximate surface area is 82.9 Å². The number of rotatable bonds is 4. The van der Waals surface area contributed by atoms with E-state index < -0.39 is 5.95 Å². The molecule has 0 atom stereocenters. The molecule has 0 fully saturated rings. The van der Waals surface area contributed by atoms with E-state index in [0.29, 0.717) is 12.4 Å². The summed E-state index contributed by atoms with van der Waals surface area (Å²) in [6.45, 7) is 5.91. The SMILES string of the molecule is CCOc1c(OC(C)C)ccnc1F. The molecule has 0 aromatic carbocycles. The van der Waals surface area contributed by atoms with Crippen LogP contribution in [-0.2, 0) is 0 Å². The minimum atomic E-state index is -0.634. The van der Waals surface area contributed by atoms with Crippen LogP contribution in [0.1, 0.15) is 20.8 Å². The van der Waals surface area contributed by atoms with Crippen LogP contribution in [-0.4, -0.2) is 17.7 Å². The molecular weight excluding hydrogens is 185 g/mol. The Bertz CT molecular complexity index is 302. The normalized spacial score (nSPS) is 10.4. The molecule has 0 saturated heterocycles. The minimum Gasteiger partial charge on any atom is -0.487 e. The summed E-state index contributed by atoms with van der Waals surface area (Å²) in [6, 6.07) is 1.59. The Morgan fingerprint density at radius 1 is 1.50 bits per heavy atom. The van der Waals surface area contributed by atoms with Crippen LogP contribution in [0.5, 0.6) is 11.5 Å². The Morgan fingerprint density at radius 2 is 2.21 bits per heavy atom. The fourth-order valence-electron chi connectivity index (χ4n) is 1.03. The molecule has 0 saturated carbocycles. The highest BCUT2D eigenvalue weighted by atomic mass is 19.1. The van der Waals surface area contributed by atoms with E-state index in [0.717, 1.165) is 0 Å². The lowest BCUT2D eigenvalue weighted by Gasteiger charge is -2.13. The number of aromatic nitrogens is 1. The lowest BCUT2D eigenvalue weighted by Crippen LogP contribution is -2.08. The summed E-state index contributed by atoms with van der Waals surface area (Å²) in [6.07, 6.45) is 1.34. The summed E-state index contributed by atoms with van der Waals surface area (Å²) in [5.74, 6) is -0.150. The van der Waals surface area contributed by atoms with Gasteiger partial charge in [0.25, 0.3) is 5.95 Å². The Hall–Kier alpha value is -1.32. The molecule has 0 spiro atoms. The summed E-state index contributed by atoms with van der Waals surface area (Å²) in [4.78, 5) is 3.49. The van der Waals surface area contributed by atoms with Gasteiger partial charge in [0.05, 0.1) is 12.7 Å². The zero-order valence-corrected chi connectivity index (χ0v) is 8.58. The monoisotopic (exact) mass is 199 g/mol. The molecule has 78 valence electrons. The second-order valence-electron chi connectivity index (χ2n) is 3.03. The van der Waals surface area contributed by atoms with Gasteiger partial charge in [-0.1, -0.05) is 0 Å². The van der Waals surface area contributed by atoms with E-state index in [-0.39, 0.29) is 11.9 Å². The topological polar surface area (TPSA) is 31.4 Å². The van der Waals surface area contributed by atoms with Crippen LogP contribution in [0.25, 0.3) is 0 Å². The molecule has 4 heteroatoms. The first-order valence-electron chi connectivity index (χ1n) is 4.59. The van der Waals surface area contributed by atoms with Crippen molar-refractivity contribution in [2.75, 3.05) is 6.61 Å². The van der Waals surface area contributed by atoms with Crippen molar-refractivity contribution in [2.24, 2.45) is 0 Å². The van der Waals surface area contributed by atoms with Gasteiger partial charge in [-0.25, -0.2) is 4.98 Å². The molecular formula is C10H14FNO2. The number of nitrogens with zero attached hydrogens (tertiary/aromatic N) is 1. The fourth-order valence-corrected chi connectivity index (χ4v) is 1.03. The fraction of sp³-hybridized carbons (Fsp3) is 0.500. The summed E-state index contributed by atoms with van der Waals surface area (Å²) >= 11 is 0. The molecule has 0 amide bonds. The van der Waals surface area contributed by atoms with E-state index in [1.54, 1.807) is 13.0 Å². The largest absolute Gasteiger partial charge is 0.487 e. The molecule has 0 unspecified atom stereocenters. The number of hydrogen-bond acceptors (Lipinski definition) is 3. The molecule has 0 bridgehead atoms. The molecule has 0 aliphatic rings. The van der Waals surface area contributed by atoms with Gasteiger partial charge in [0.1, 0.15) is 0 Å². The lowest BCUT2D eigenvalue weighted by molar-refractivity contribution is 0.217. The first-order valence-corrected chi connectivity index (χ1v) is 4.59. The van der Waals surface area contributed by atoms with Crippen molar-refractivity contribution in [3.8, 4) is 11.5 Å². The van der Waals surface area contributed by atoms with Gasteiger partial charge in [-0.05, 0) is 20.8 Å². The first kappa shape index (κ1) is 10.8. The molecule has 3 nitrogen and oxygen atoms in total. The maximum atomic E-state index is 13.2. The predicted molar refractivity (Wildman–Crippen MR) is 51.1 cm³/mol. The number of hydrogen-bond donors (Lipinski definition) is 0. The second kappa shape index (κ2) is 4.79. The Morgan fingerprint density at radius 3 is 2.79 bits per heavy atom. The average Bonchev–Trinajstić information content (AvgIpc) is 2.10. The Kier molecular flexibility index (Phi) is 3.68. The third-order valence-electron chi connectivity index (χ3n) is 1.48. The van der Waals surface area contributed by atoms with Crippen LogP contribution in [0.2, 0.25) is 0 Å². The summed E-state index contributed by atoms with van der Waals surface area (Å²) in [7, 11) is 0. The van der Waals surface area contributed by atoms with Gasteiger partial charge in [-0.2, -0.15) is 4.39 Å². The van der Waals surface area contributed by atoms with Crippen molar-refractivity contribution in [1.82, 2.24) is 4.98 Å². The first-order chi connectivity index (χ1) is 6.65.